The molecule has 2 aromatic carbocycles. The van der Waals surface area contributed by atoms with Crippen LogP contribution in [0.25, 0.3) is 0 Å². The highest BCUT2D eigenvalue weighted by Crippen LogP contribution is 2.36. The molecule has 3 aromatic rings. The summed E-state index contributed by atoms with van der Waals surface area (Å²) in [6.07, 6.45) is -3.27. The number of nitrogens with zero attached hydrogens (tertiary/aromatic N) is 1. The topological polar surface area (TPSA) is 34.1 Å². The van der Waals surface area contributed by atoms with Gasteiger partial charge in [-0.25, -0.2) is 13.8 Å². The van der Waals surface area contributed by atoms with Gasteiger partial charge in [0.2, 0.25) is 0 Å². The van der Waals surface area contributed by atoms with Crippen molar-refractivity contribution in [2.24, 2.45) is 0 Å². The predicted octanol–water partition coefficient (Wildman–Crippen LogP) is 7.26. The van der Waals surface area contributed by atoms with Gasteiger partial charge in [-0.1, -0.05) is 27.5 Å². The molecule has 0 saturated heterocycles. The summed E-state index contributed by atoms with van der Waals surface area (Å²) >= 11 is 10.3. The van der Waals surface area contributed by atoms with Gasteiger partial charge in [-0.2, -0.15) is 13.2 Å². The van der Waals surface area contributed by atoms with E-state index < -0.39 is 29.1 Å². The van der Waals surface area contributed by atoms with Crippen molar-refractivity contribution in [2.45, 2.75) is 12.7 Å². The number of halogens is 7. The molecular weight excluding hydrogens is 491 g/mol. The van der Waals surface area contributed by atoms with Gasteiger partial charge in [-0.3, -0.25) is 0 Å². The molecule has 28 heavy (non-hydrogen) atoms. The normalized spacial score (nSPS) is 11.5. The van der Waals surface area contributed by atoms with Crippen molar-refractivity contribution >= 4 is 44.6 Å². The molecule has 0 aliphatic carbocycles. The van der Waals surface area contributed by atoms with Crippen LogP contribution in [0.4, 0.5) is 27.6 Å². The number of aromatic nitrogens is 1. The quantitative estimate of drug-likeness (QED) is 0.375. The number of rotatable bonds is 5. The molecule has 0 spiro atoms. The summed E-state index contributed by atoms with van der Waals surface area (Å²) in [4.78, 5) is 4.76. The predicted molar refractivity (Wildman–Crippen MR) is 100 cm³/mol. The van der Waals surface area contributed by atoms with Crippen LogP contribution >= 0.6 is 38.9 Å². The maximum absolute atomic E-state index is 14.0. The zero-order valence-corrected chi connectivity index (χ0v) is 16.7. The number of hydrogen-bond acceptors (Lipinski definition) is 4. The Hall–Kier alpha value is -1.91. The molecule has 0 aliphatic rings. The molecule has 11 heteroatoms. The smallest absolute Gasteiger partial charge is 0.416 e. The van der Waals surface area contributed by atoms with Crippen LogP contribution in [0.2, 0.25) is 4.47 Å². The first-order valence-corrected chi connectivity index (χ1v) is 9.49. The number of ether oxygens (including phenoxy) is 1. The van der Waals surface area contributed by atoms with Gasteiger partial charge in [0.15, 0.2) is 21.9 Å². The van der Waals surface area contributed by atoms with Crippen molar-refractivity contribution in [1.29, 1.82) is 0 Å². The van der Waals surface area contributed by atoms with Crippen LogP contribution in [0.15, 0.2) is 41.0 Å². The standard InChI is InChI=1S/C17H9BrClF5N2OS/c18-9-3-10(25-6-12-7-26-16(19)28-12)5-11(4-9)27-15-13(20)1-8(2-14(15)21)17(22,23)24/h1-5,7,25H,6H2. The van der Waals surface area contributed by atoms with Crippen molar-refractivity contribution in [3.63, 3.8) is 0 Å². The lowest BCUT2D eigenvalue weighted by Crippen LogP contribution is -2.07. The van der Waals surface area contributed by atoms with Gasteiger partial charge in [-0.15, -0.1) is 11.3 Å². The van der Waals surface area contributed by atoms with Crippen LogP contribution in [-0.2, 0) is 12.7 Å². The van der Waals surface area contributed by atoms with Crippen LogP contribution in [-0.4, -0.2) is 4.98 Å². The first-order valence-electron chi connectivity index (χ1n) is 7.50. The Morgan fingerprint density at radius 2 is 1.79 bits per heavy atom. The van der Waals surface area contributed by atoms with Crippen molar-refractivity contribution < 1.29 is 26.7 Å². The Morgan fingerprint density at radius 3 is 2.36 bits per heavy atom. The van der Waals surface area contributed by atoms with E-state index in [4.69, 9.17) is 16.3 Å². The van der Waals surface area contributed by atoms with Gasteiger partial charge >= 0.3 is 6.18 Å². The van der Waals surface area contributed by atoms with Crippen LogP contribution in [0.5, 0.6) is 11.5 Å². The number of anilines is 1. The largest absolute Gasteiger partial charge is 0.451 e. The van der Waals surface area contributed by atoms with E-state index in [2.05, 4.69) is 26.2 Å². The lowest BCUT2D eigenvalue weighted by molar-refractivity contribution is -0.138. The summed E-state index contributed by atoms with van der Waals surface area (Å²) in [7, 11) is 0. The molecule has 0 saturated carbocycles. The highest BCUT2D eigenvalue weighted by molar-refractivity contribution is 9.10. The zero-order chi connectivity index (χ0) is 20.5. The maximum Gasteiger partial charge on any atom is 0.416 e. The number of nitrogens with one attached hydrogen (secondary N) is 1. The van der Waals surface area contributed by atoms with Crippen molar-refractivity contribution in [3.05, 3.63) is 67.5 Å². The number of hydrogen-bond donors (Lipinski definition) is 1. The van der Waals surface area contributed by atoms with E-state index in [9.17, 15) is 22.0 Å². The van der Waals surface area contributed by atoms with Gasteiger partial charge < -0.3 is 10.1 Å². The van der Waals surface area contributed by atoms with E-state index in [1.54, 1.807) is 12.3 Å². The Bertz CT molecular complexity index is 988. The maximum atomic E-state index is 14.0. The molecule has 3 nitrogen and oxygen atoms in total. The van der Waals surface area contributed by atoms with Crippen LogP contribution in [0.1, 0.15) is 10.4 Å². The third-order valence-corrected chi connectivity index (χ3v) is 4.98. The van der Waals surface area contributed by atoms with E-state index in [0.717, 1.165) is 4.88 Å². The minimum atomic E-state index is -4.87. The molecular formula is C17H9BrClF5N2OS. The summed E-state index contributed by atoms with van der Waals surface area (Å²) in [6, 6.07) is 4.93. The van der Waals surface area contributed by atoms with E-state index in [0.29, 0.717) is 21.2 Å². The molecule has 0 bridgehead atoms. The fourth-order valence-corrected chi connectivity index (χ4v) is 3.61. The van der Waals surface area contributed by atoms with E-state index in [1.807, 2.05) is 0 Å². The van der Waals surface area contributed by atoms with Crippen molar-refractivity contribution in [2.75, 3.05) is 5.32 Å². The monoisotopic (exact) mass is 498 g/mol. The lowest BCUT2D eigenvalue weighted by atomic mass is 10.2. The molecule has 0 atom stereocenters. The third-order valence-electron chi connectivity index (χ3n) is 3.41. The van der Waals surface area contributed by atoms with E-state index in [-0.39, 0.29) is 17.9 Å². The average molecular weight is 500 g/mol. The van der Waals surface area contributed by atoms with Crippen molar-refractivity contribution in [1.82, 2.24) is 4.98 Å². The van der Waals surface area contributed by atoms with Gasteiger partial charge in [0.05, 0.1) is 12.1 Å². The van der Waals surface area contributed by atoms with Gasteiger partial charge in [-0.05, 0) is 24.3 Å². The Kier molecular flexibility index (Phi) is 6.11. The second-order valence-corrected chi connectivity index (χ2v) is 8.09. The van der Waals surface area contributed by atoms with E-state index in [1.165, 1.54) is 23.5 Å². The summed E-state index contributed by atoms with van der Waals surface area (Å²) < 4.78 is 72.0. The van der Waals surface area contributed by atoms with Gasteiger partial charge in [0.1, 0.15) is 5.75 Å². The summed E-state index contributed by atoms with van der Waals surface area (Å²) in [5, 5.41) is 3.07. The first-order chi connectivity index (χ1) is 13.1. The molecule has 0 amide bonds. The van der Waals surface area contributed by atoms with Gasteiger partial charge in [0.25, 0.3) is 0 Å². The highest BCUT2D eigenvalue weighted by atomic mass is 79.9. The molecule has 0 aliphatic heterocycles. The summed E-state index contributed by atoms with van der Waals surface area (Å²) in [5.74, 6) is -3.81. The molecule has 148 valence electrons. The summed E-state index contributed by atoms with van der Waals surface area (Å²) in [5.41, 5.74) is -0.892. The minimum Gasteiger partial charge on any atom is -0.451 e. The molecule has 1 aromatic heterocycles. The Labute approximate surface area is 173 Å². The first kappa shape index (κ1) is 20.8. The van der Waals surface area contributed by atoms with Crippen LogP contribution < -0.4 is 10.1 Å². The Balaban J connectivity index is 1.82. The molecule has 0 fully saturated rings. The molecule has 0 radical (unpaired) electrons. The minimum absolute atomic E-state index is 0.0248. The average Bonchev–Trinajstić information content (AvgIpc) is 3.00. The van der Waals surface area contributed by atoms with E-state index >= 15 is 0 Å². The molecule has 1 heterocycles. The summed E-state index contributed by atoms with van der Waals surface area (Å²) in [6.45, 7) is 0.392. The zero-order valence-electron chi connectivity index (χ0n) is 13.6. The highest BCUT2D eigenvalue weighted by Gasteiger charge is 2.33. The number of alkyl halides is 3. The van der Waals surface area contributed by atoms with Crippen LogP contribution in [0, 0.1) is 11.6 Å². The number of thiazole rings is 1. The fourth-order valence-electron chi connectivity index (χ4n) is 2.22. The molecule has 3 rings (SSSR count). The molecule has 1 N–H and O–H groups in total. The second-order valence-electron chi connectivity index (χ2n) is 5.48. The van der Waals surface area contributed by atoms with Crippen LogP contribution in [0.3, 0.4) is 0 Å². The SMILES string of the molecule is Fc1cc(C(F)(F)F)cc(F)c1Oc1cc(Br)cc(NCc2cnc(Cl)s2)c1. The Morgan fingerprint density at radius 1 is 1.11 bits per heavy atom. The lowest BCUT2D eigenvalue weighted by Gasteiger charge is -2.13. The molecule has 0 unspecified atom stereocenters. The fraction of sp³-hybridized carbons (Fsp3) is 0.118. The third kappa shape index (κ3) is 5.12. The second kappa shape index (κ2) is 8.22. The number of benzene rings is 2. The van der Waals surface area contributed by atoms with Gasteiger partial charge in [0, 0.05) is 27.3 Å². The van der Waals surface area contributed by atoms with Crippen molar-refractivity contribution in [3.8, 4) is 11.5 Å².